The second kappa shape index (κ2) is 11.5. The zero-order valence-electron chi connectivity index (χ0n) is 23.5. The van der Waals surface area contributed by atoms with Crippen LogP contribution >= 0.6 is 0 Å². The lowest BCUT2D eigenvalue weighted by molar-refractivity contribution is 0.183. The van der Waals surface area contributed by atoms with Crippen LogP contribution in [0.25, 0.3) is 0 Å². The first-order chi connectivity index (χ1) is 20.3. The Kier molecular flexibility index (Phi) is 7.29. The Hall–Kier alpha value is -3.94. The maximum atomic E-state index is 9.37. The minimum atomic E-state index is -1.56. The number of aliphatic imine (C=N–C) groups is 1. The van der Waals surface area contributed by atoms with E-state index in [0.29, 0.717) is 29.6 Å². The molecule has 0 radical (unpaired) electrons. The molecule has 0 amide bonds. The Bertz CT molecular complexity index is 1510. The molecule has 3 aromatic carbocycles. The van der Waals surface area contributed by atoms with Crippen molar-refractivity contribution in [2.24, 2.45) is 34.6 Å². The van der Waals surface area contributed by atoms with E-state index >= 15 is 0 Å². The standard InChI is InChI=1S/C37H37N3Si/c38-23-27-22-31(25-39-24-27)28-18-20-29(21-19-28)33-13-5-4-10-30(33)26-40-34-14-6-8-16-36(34)41(32-11-2-1-3-12-32)37-17-9-7-15-35(37)40/h1-17,24-25,28-31,33,41H,18-22,26H2. The molecule has 0 spiro atoms. The molecule has 0 N–H and O–H groups in total. The summed E-state index contributed by atoms with van der Waals surface area (Å²) in [5.41, 5.74) is 3.63. The van der Waals surface area contributed by atoms with E-state index in [1.165, 1.54) is 52.6 Å². The summed E-state index contributed by atoms with van der Waals surface area (Å²) < 4.78 is 0. The average molecular weight is 552 g/mol. The first kappa shape index (κ1) is 26.0. The third kappa shape index (κ3) is 5.04. The summed E-state index contributed by atoms with van der Waals surface area (Å²) in [6.07, 6.45) is 19.2. The van der Waals surface area contributed by atoms with Gasteiger partial charge in [0.15, 0.2) is 0 Å². The van der Waals surface area contributed by atoms with Gasteiger partial charge in [0, 0.05) is 47.7 Å². The van der Waals surface area contributed by atoms with Crippen molar-refractivity contribution in [2.75, 3.05) is 11.4 Å². The molecule has 4 heteroatoms. The van der Waals surface area contributed by atoms with Crippen molar-refractivity contribution in [3.63, 3.8) is 0 Å². The Morgan fingerprint density at radius 1 is 0.780 bits per heavy atom. The predicted molar refractivity (Wildman–Crippen MR) is 173 cm³/mol. The van der Waals surface area contributed by atoms with E-state index in [9.17, 15) is 5.26 Å². The van der Waals surface area contributed by atoms with Gasteiger partial charge in [0.2, 0.25) is 0 Å². The van der Waals surface area contributed by atoms with Gasteiger partial charge in [-0.05, 0) is 72.4 Å². The molecule has 3 nitrogen and oxygen atoms in total. The fraction of sp³-hybridized carbons (Fsp3) is 0.297. The van der Waals surface area contributed by atoms with Crippen LogP contribution in [-0.2, 0) is 0 Å². The van der Waals surface area contributed by atoms with Crippen LogP contribution in [0.5, 0.6) is 0 Å². The highest BCUT2D eigenvalue weighted by Gasteiger charge is 2.37. The molecular weight excluding hydrogens is 515 g/mol. The summed E-state index contributed by atoms with van der Waals surface area (Å²) >= 11 is 0. The van der Waals surface area contributed by atoms with Crippen LogP contribution in [0.2, 0.25) is 0 Å². The fourth-order valence-corrected chi connectivity index (χ4v) is 11.3. The molecule has 3 aromatic rings. The number of rotatable bonds is 5. The van der Waals surface area contributed by atoms with Crippen LogP contribution < -0.4 is 20.5 Å². The van der Waals surface area contributed by atoms with Crippen molar-refractivity contribution in [3.05, 3.63) is 115 Å². The van der Waals surface area contributed by atoms with Crippen molar-refractivity contribution in [2.45, 2.75) is 32.1 Å². The lowest BCUT2D eigenvalue weighted by Gasteiger charge is -2.42. The molecule has 0 saturated heterocycles. The molecule has 3 atom stereocenters. The fourth-order valence-electron chi connectivity index (χ4n) is 7.95. The summed E-state index contributed by atoms with van der Waals surface area (Å²) in [7, 11) is -1.56. The van der Waals surface area contributed by atoms with Gasteiger partial charge in [-0.15, -0.1) is 0 Å². The molecule has 2 aliphatic carbocycles. The molecule has 2 heterocycles. The van der Waals surface area contributed by atoms with E-state index in [-0.39, 0.29) is 0 Å². The van der Waals surface area contributed by atoms with Crippen LogP contribution in [0.15, 0.2) is 120 Å². The molecule has 204 valence electrons. The summed E-state index contributed by atoms with van der Waals surface area (Å²) in [6, 6.07) is 31.9. The summed E-state index contributed by atoms with van der Waals surface area (Å²) in [5, 5.41) is 13.9. The molecule has 0 bridgehead atoms. The molecule has 1 fully saturated rings. The summed E-state index contributed by atoms with van der Waals surface area (Å²) in [5.74, 6) is 2.80. The number of allylic oxidation sites excluding steroid dienone is 4. The zero-order chi connectivity index (χ0) is 27.6. The molecule has 41 heavy (non-hydrogen) atoms. The van der Waals surface area contributed by atoms with Crippen molar-refractivity contribution in [3.8, 4) is 6.07 Å². The summed E-state index contributed by atoms with van der Waals surface area (Å²) in [6.45, 7) is 1.00. The lowest BCUT2D eigenvalue weighted by atomic mass is 9.67. The van der Waals surface area contributed by atoms with Crippen LogP contribution in [0.1, 0.15) is 32.1 Å². The van der Waals surface area contributed by atoms with Gasteiger partial charge < -0.3 is 4.90 Å². The van der Waals surface area contributed by atoms with E-state index < -0.39 is 8.80 Å². The number of nitriles is 1. The minimum Gasteiger partial charge on any atom is -0.341 e. The van der Waals surface area contributed by atoms with Gasteiger partial charge in [0.05, 0.1) is 6.07 Å². The molecule has 0 aromatic heterocycles. The van der Waals surface area contributed by atoms with Crippen molar-refractivity contribution >= 4 is 41.9 Å². The van der Waals surface area contributed by atoms with Gasteiger partial charge in [-0.25, -0.2) is 0 Å². The smallest absolute Gasteiger partial charge is 0.138 e. The maximum Gasteiger partial charge on any atom is 0.138 e. The van der Waals surface area contributed by atoms with E-state index in [1.807, 2.05) is 0 Å². The Morgan fingerprint density at radius 3 is 2.12 bits per heavy atom. The number of hydrogen-bond donors (Lipinski definition) is 0. The van der Waals surface area contributed by atoms with Gasteiger partial charge in [0.1, 0.15) is 8.80 Å². The van der Waals surface area contributed by atoms with E-state index in [0.717, 1.165) is 18.5 Å². The Balaban J connectivity index is 1.13. The third-order valence-electron chi connectivity index (χ3n) is 9.97. The number of benzene rings is 3. The molecule has 4 aliphatic rings. The molecule has 7 rings (SSSR count). The van der Waals surface area contributed by atoms with Crippen LogP contribution in [-0.4, -0.2) is 21.6 Å². The monoisotopic (exact) mass is 551 g/mol. The highest BCUT2D eigenvalue weighted by atomic mass is 28.3. The van der Waals surface area contributed by atoms with E-state index in [2.05, 4.69) is 125 Å². The first-order valence-corrected chi connectivity index (χ1v) is 17.0. The third-order valence-corrected chi connectivity index (χ3v) is 13.2. The largest absolute Gasteiger partial charge is 0.341 e. The Labute approximate surface area is 245 Å². The second-order valence-electron chi connectivity index (χ2n) is 12.2. The van der Waals surface area contributed by atoms with Crippen molar-refractivity contribution < 1.29 is 0 Å². The van der Waals surface area contributed by atoms with Crippen LogP contribution in [0, 0.1) is 40.9 Å². The first-order valence-electron chi connectivity index (χ1n) is 15.3. The average Bonchev–Trinajstić information content (AvgIpc) is 3.05. The number of anilines is 2. The number of para-hydroxylation sites is 2. The highest BCUT2D eigenvalue weighted by molar-refractivity contribution is 6.97. The van der Waals surface area contributed by atoms with E-state index in [1.54, 1.807) is 6.20 Å². The molecular formula is C37H37N3Si. The summed E-state index contributed by atoms with van der Waals surface area (Å²) in [4.78, 5) is 7.04. The van der Waals surface area contributed by atoms with Crippen LogP contribution in [0.3, 0.4) is 0 Å². The normalized spacial score (nSPS) is 27.0. The molecule has 1 saturated carbocycles. The van der Waals surface area contributed by atoms with E-state index in [4.69, 9.17) is 0 Å². The van der Waals surface area contributed by atoms with Crippen molar-refractivity contribution in [1.29, 1.82) is 5.26 Å². The quantitative estimate of drug-likeness (QED) is 0.362. The molecule has 3 unspecified atom stereocenters. The topological polar surface area (TPSA) is 39.4 Å². The number of hydrogen-bond acceptors (Lipinski definition) is 3. The SMILES string of the molecule is N#CC1=CN=CC(C2CCC(C3C=CC=CC3CN3c4ccccc4[SiH](c4ccccc4)c4ccccc43)CC2)C1. The highest BCUT2D eigenvalue weighted by Crippen LogP contribution is 2.43. The predicted octanol–water partition coefficient (Wildman–Crippen LogP) is 6.05. The van der Waals surface area contributed by atoms with Crippen molar-refractivity contribution in [1.82, 2.24) is 0 Å². The number of nitrogens with zero attached hydrogens (tertiary/aromatic N) is 3. The van der Waals surface area contributed by atoms with Crippen LogP contribution in [0.4, 0.5) is 11.4 Å². The number of fused-ring (bicyclic) bond motifs is 2. The van der Waals surface area contributed by atoms with Gasteiger partial charge in [-0.2, -0.15) is 5.26 Å². The second-order valence-corrected chi connectivity index (χ2v) is 15.0. The van der Waals surface area contributed by atoms with Gasteiger partial charge >= 0.3 is 0 Å². The van der Waals surface area contributed by atoms with Gasteiger partial charge in [0.25, 0.3) is 0 Å². The molecule has 2 aliphatic heterocycles. The minimum absolute atomic E-state index is 0.427. The lowest BCUT2D eigenvalue weighted by Crippen LogP contribution is -2.58. The maximum absolute atomic E-state index is 9.37. The van der Waals surface area contributed by atoms with Gasteiger partial charge in [-0.1, -0.05) is 96.2 Å². The van der Waals surface area contributed by atoms with Gasteiger partial charge in [-0.3, -0.25) is 4.99 Å². The zero-order valence-corrected chi connectivity index (χ0v) is 24.7. The Morgan fingerprint density at radius 2 is 1.41 bits per heavy atom.